The average molecular weight is 245 g/mol. The van der Waals surface area contributed by atoms with Crippen LogP contribution in [0.3, 0.4) is 0 Å². The second-order valence-electron chi connectivity index (χ2n) is 5.47. The van der Waals surface area contributed by atoms with Gasteiger partial charge in [-0.1, -0.05) is 6.42 Å². The van der Waals surface area contributed by atoms with E-state index in [1.54, 1.807) is 12.4 Å². The molecule has 0 radical (unpaired) electrons. The predicted molar refractivity (Wildman–Crippen MR) is 68.7 cm³/mol. The molecule has 1 atom stereocenters. The van der Waals surface area contributed by atoms with E-state index < -0.39 is 0 Å². The van der Waals surface area contributed by atoms with Crippen LogP contribution in [0.25, 0.3) is 0 Å². The van der Waals surface area contributed by atoms with Gasteiger partial charge in [0.25, 0.3) is 0 Å². The Bertz CT molecular complexity index is 428. The zero-order valence-corrected chi connectivity index (χ0v) is 10.5. The Balaban J connectivity index is 1.58. The van der Waals surface area contributed by atoms with Crippen LogP contribution in [-0.4, -0.2) is 24.0 Å². The molecule has 0 aromatic carbocycles. The minimum absolute atomic E-state index is 0.160. The molecule has 3 rings (SSSR count). The summed E-state index contributed by atoms with van der Waals surface area (Å²) in [6.07, 6.45) is 7.19. The van der Waals surface area contributed by atoms with Crippen molar-refractivity contribution < 1.29 is 4.79 Å². The summed E-state index contributed by atoms with van der Waals surface area (Å²) in [5, 5.41) is 6.43. The number of aromatic nitrogens is 1. The van der Waals surface area contributed by atoms with Crippen LogP contribution in [0, 0.1) is 11.3 Å². The van der Waals surface area contributed by atoms with E-state index in [1.165, 1.54) is 19.3 Å². The van der Waals surface area contributed by atoms with E-state index in [1.807, 2.05) is 12.1 Å². The Morgan fingerprint density at radius 3 is 2.89 bits per heavy atom. The lowest BCUT2D eigenvalue weighted by molar-refractivity contribution is -0.129. The summed E-state index contributed by atoms with van der Waals surface area (Å²) in [6, 6.07) is 3.87. The lowest BCUT2D eigenvalue weighted by atomic mass is 9.62. The molecule has 1 saturated carbocycles. The van der Waals surface area contributed by atoms with E-state index in [0.717, 1.165) is 18.7 Å². The minimum atomic E-state index is 0.160. The maximum absolute atomic E-state index is 12.3. The monoisotopic (exact) mass is 245 g/mol. The van der Waals surface area contributed by atoms with E-state index in [9.17, 15) is 4.79 Å². The van der Waals surface area contributed by atoms with Crippen LogP contribution in [0.4, 0.5) is 0 Å². The summed E-state index contributed by atoms with van der Waals surface area (Å²) in [6.45, 7) is 2.45. The molecule has 1 aromatic rings. The predicted octanol–water partition coefficient (Wildman–Crippen LogP) is 1.09. The third-order valence-electron chi connectivity index (χ3n) is 4.45. The maximum atomic E-state index is 12.3. The molecule has 96 valence electrons. The highest BCUT2D eigenvalue weighted by atomic mass is 16.2. The largest absolute Gasteiger partial charge is 0.352 e. The van der Waals surface area contributed by atoms with Gasteiger partial charge in [0.05, 0.1) is 5.92 Å². The Kier molecular flexibility index (Phi) is 3.04. The standard InChI is InChI=1S/C14H19N3O/c18-13(17-8-11-2-6-15-7-3-11)12-9-16-10-14(12)4-1-5-14/h2-3,6-7,12,16H,1,4-5,8-10H2,(H,17,18). The van der Waals surface area contributed by atoms with E-state index in [2.05, 4.69) is 15.6 Å². The van der Waals surface area contributed by atoms with Crippen molar-refractivity contribution in [3.63, 3.8) is 0 Å². The highest BCUT2D eigenvalue weighted by Crippen LogP contribution is 2.49. The number of nitrogens with one attached hydrogen (secondary N) is 2. The summed E-state index contributed by atoms with van der Waals surface area (Å²) in [5.74, 6) is 0.365. The molecule has 1 spiro atoms. The van der Waals surface area contributed by atoms with Gasteiger partial charge in [0.1, 0.15) is 0 Å². The van der Waals surface area contributed by atoms with Gasteiger partial charge in [-0.15, -0.1) is 0 Å². The van der Waals surface area contributed by atoms with Crippen molar-refractivity contribution in [3.8, 4) is 0 Å². The molecule has 2 aliphatic rings. The number of nitrogens with zero attached hydrogens (tertiary/aromatic N) is 1. The van der Waals surface area contributed by atoms with Crippen molar-refractivity contribution in [2.45, 2.75) is 25.8 Å². The lowest BCUT2D eigenvalue weighted by Gasteiger charge is -2.41. The third-order valence-corrected chi connectivity index (χ3v) is 4.45. The number of carbonyl (C=O) groups excluding carboxylic acids is 1. The summed E-state index contributed by atoms with van der Waals surface area (Å²) in [4.78, 5) is 16.2. The molecule has 1 aliphatic carbocycles. The van der Waals surface area contributed by atoms with Crippen LogP contribution in [0.15, 0.2) is 24.5 Å². The van der Waals surface area contributed by atoms with Crippen molar-refractivity contribution in [2.75, 3.05) is 13.1 Å². The number of hydrogen-bond acceptors (Lipinski definition) is 3. The third kappa shape index (κ3) is 2.01. The van der Waals surface area contributed by atoms with E-state index in [4.69, 9.17) is 0 Å². The average Bonchev–Trinajstić information content (AvgIpc) is 2.82. The van der Waals surface area contributed by atoms with Crippen molar-refractivity contribution in [1.82, 2.24) is 15.6 Å². The number of amides is 1. The first-order valence-corrected chi connectivity index (χ1v) is 6.68. The molecule has 1 aliphatic heterocycles. The highest BCUT2D eigenvalue weighted by molar-refractivity contribution is 5.80. The first-order chi connectivity index (χ1) is 8.80. The zero-order valence-electron chi connectivity index (χ0n) is 10.5. The van der Waals surface area contributed by atoms with Crippen molar-refractivity contribution in [2.24, 2.45) is 11.3 Å². The van der Waals surface area contributed by atoms with Crippen LogP contribution in [0.2, 0.25) is 0 Å². The number of rotatable bonds is 3. The van der Waals surface area contributed by atoms with E-state index >= 15 is 0 Å². The second-order valence-corrected chi connectivity index (χ2v) is 5.47. The molecule has 4 nitrogen and oxygen atoms in total. The van der Waals surface area contributed by atoms with Crippen LogP contribution in [0.1, 0.15) is 24.8 Å². The highest BCUT2D eigenvalue weighted by Gasteiger charge is 2.50. The van der Waals surface area contributed by atoms with E-state index in [0.29, 0.717) is 6.54 Å². The number of hydrogen-bond donors (Lipinski definition) is 2. The molecule has 18 heavy (non-hydrogen) atoms. The Hall–Kier alpha value is -1.42. The molecule has 1 unspecified atom stereocenters. The van der Waals surface area contributed by atoms with E-state index in [-0.39, 0.29) is 17.2 Å². The molecule has 1 amide bonds. The number of pyridine rings is 1. The minimum Gasteiger partial charge on any atom is -0.352 e. The molecule has 1 saturated heterocycles. The smallest absolute Gasteiger partial charge is 0.225 e. The van der Waals surface area contributed by atoms with Gasteiger partial charge >= 0.3 is 0 Å². The first kappa shape index (κ1) is 11.7. The van der Waals surface area contributed by atoms with Crippen LogP contribution in [0.5, 0.6) is 0 Å². The molecule has 1 aromatic heterocycles. The zero-order chi connectivity index (χ0) is 12.4. The molecule has 2 fully saturated rings. The van der Waals surface area contributed by atoms with Gasteiger partial charge in [-0.3, -0.25) is 9.78 Å². The lowest BCUT2D eigenvalue weighted by Crippen LogP contribution is -2.45. The van der Waals surface area contributed by atoms with Gasteiger partial charge in [0.2, 0.25) is 5.91 Å². The summed E-state index contributed by atoms with van der Waals surface area (Å²) >= 11 is 0. The molecule has 4 heteroatoms. The van der Waals surface area contributed by atoms with Gasteiger partial charge in [0, 0.05) is 32.0 Å². The van der Waals surface area contributed by atoms with Gasteiger partial charge in [-0.2, -0.15) is 0 Å². The van der Waals surface area contributed by atoms with Gasteiger partial charge in [0.15, 0.2) is 0 Å². The van der Waals surface area contributed by atoms with Crippen molar-refractivity contribution >= 4 is 5.91 Å². The Morgan fingerprint density at radius 1 is 1.44 bits per heavy atom. The molecule has 2 heterocycles. The summed E-state index contributed by atoms with van der Waals surface area (Å²) in [5.41, 5.74) is 1.37. The van der Waals surface area contributed by atoms with Gasteiger partial charge < -0.3 is 10.6 Å². The quantitative estimate of drug-likeness (QED) is 0.838. The Morgan fingerprint density at radius 2 is 2.22 bits per heavy atom. The first-order valence-electron chi connectivity index (χ1n) is 6.68. The van der Waals surface area contributed by atoms with Gasteiger partial charge in [-0.05, 0) is 36.0 Å². The fourth-order valence-corrected chi connectivity index (χ4v) is 3.15. The molecule has 0 bridgehead atoms. The summed E-state index contributed by atoms with van der Waals surface area (Å²) in [7, 11) is 0. The number of carbonyl (C=O) groups is 1. The Labute approximate surface area is 107 Å². The topological polar surface area (TPSA) is 54.0 Å². The molecule has 2 N–H and O–H groups in total. The second kappa shape index (κ2) is 4.69. The fourth-order valence-electron chi connectivity index (χ4n) is 3.15. The van der Waals surface area contributed by atoms with Crippen LogP contribution in [-0.2, 0) is 11.3 Å². The van der Waals surface area contributed by atoms with Crippen molar-refractivity contribution in [3.05, 3.63) is 30.1 Å². The maximum Gasteiger partial charge on any atom is 0.225 e. The summed E-state index contributed by atoms with van der Waals surface area (Å²) < 4.78 is 0. The van der Waals surface area contributed by atoms with Crippen LogP contribution >= 0.6 is 0 Å². The SMILES string of the molecule is O=C(NCc1ccncc1)C1CNCC12CCC2. The van der Waals surface area contributed by atoms with Crippen molar-refractivity contribution in [1.29, 1.82) is 0 Å². The van der Waals surface area contributed by atoms with Gasteiger partial charge in [-0.25, -0.2) is 0 Å². The fraction of sp³-hybridized carbons (Fsp3) is 0.571. The van der Waals surface area contributed by atoms with Crippen LogP contribution < -0.4 is 10.6 Å². The molecular formula is C14H19N3O. The molecular weight excluding hydrogens is 226 g/mol. The normalized spacial score (nSPS) is 24.8.